The van der Waals surface area contributed by atoms with Crippen molar-refractivity contribution in [3.8, 4) is 0 Å². The van der Waals surface area contributed by atoms with Crippen LogP contribution < -0.4 is 0 Å². The molecule has 0 saturated carbocycles. The topological polar surface area (TPSA) is 0 Å². The molecule has 0 bridgehead atoms. The molecule has 0 amide bonds. The van der Waals surface area contributed by atoms with Crippen molar-refractivity contribution in [1.29, 1.82) is 0 Å². The molecule has 5 heavy (non-hydrogen) atoms. The Morgan fingerprint density at radius 2 is 1.80 bits per heavy atom. The molecule has 0 heterocycles. The molecular formula is C4H10As. The Morgan fingerprint density at radius 1 is 1.60 bits per heavy atom. The van der Waals surface area contributed by atoms with Crippen LogP contribution in [0.4, 0.5) is 0 Å². The molecule has 0 nitrogen and oxygen atoms in total. The fourth-order valence-corrected chi connectivity index (χ4v) is 0. The summed E-state index contributed by atoms with van der Waals surface area (Å²) < 4.78 is 0. The van der Waals surface area contributed by atoms with Crippen molar-refractivity contribution in [1.82, 2.24) is 0 Å². The van der Waals surface area contributed by atoms with Gasteiger partial charge in [0.1, 0.15) is 0 Å². The molecule has 0 rings (SSSR count). The third-order valence-corrected chi connectivity index (χ3v) is 2.12. The van der Waals surface area contributed by atoms with E-state index in [1.165, 1.54) is 5.21 Å². The number of rotatable bonds is 1. The molecular weight excluding hydrogens is 123 g/mol. The van der Waals surface area contributed by atoms with E-state index in [0.717, 1.165) is 5.92 Å². The van der Waals surface area contributed by atoms with Gasteiger partial charge in [-0.15, -0.1) is 0 Å². The zero-order chi connectivity index (χ0) is 4.28. The predicted octanol–water partition coefficient (Wildman–Crippen LogP) is 0.961. The van der Waals surface area contributed by atoms with Crippen molar-refractivity contribution < 1.29 is 0 Å². The number of hydrogen-bond acceptors (Lipinski definition) is 0. The third-order valence-electron chi connectivity index (χ3n) is 0.408. The Bertz CT molecular complexity index is 17.6. The predicted molar refractivity (Wildman–Crippen MR) is 26.8 cm³/mol. The molecule has 0 atom stereocenters. The van der Waals surface area contributed by atoms with Crippen molar-refractivity contribution in [3.05, 3.63) is 0 Å². The first-order chi connectivity index (χ1) is 2.27. The summed E-state index contributed by atoms with van der Waals surface area (Å²) in [6, 6.07) is 0. The van der Waals surface area contributed by atoms with Crippen molar-refractivity contribution in [3.63, 3.8) is 0 Å². The van der Waals surface area contributed by atoms with Gasteiger partial charge in [-0.25, -0.2) is 0 Å². The fourth-order valence-electron chi connectivity index (χ4n) is 0. The summed E-state index contributed by atoms with van der Waals surface area (Å²) in [5.41, 5.74) is 0. The summed E-state index contributed by atoms with van der Waals surface area (Å²) in [7, 11) is 0. The summed E-state index contributed by atoms with van der Waals surface area (Å²) in [5.74, 6) is 0.884. The van der Waals surface area contributed by atoms with Gasteiger partial charge in [0.15, 0.2) is 0 Å². The van der Waals surface area contributed by atoms with Crippen LogP contribution >= 0.6 is 0 Å². The third kappa shape index (κ3) is 4.56. The average Bonchev–Trinajstić information content (AvgIpc) is 1.38. The van der Waals surface area contributed by atoms with Crippen molar-refractivity contribution >= 4 is 16.9 Å². The van der Waals surface area contributed by atoms with Crippen LogP contribution in [0.1, 0.15) is 13.8 Å². The van der Waals surface area contributed by atoms with E-state index in [1.54, 1.807) is 0 Å². The summed E-state index contributed by atoms with van der Waals surface area (Å²) in [6.07, 6.45) is 0. The van der Waals surface area contributed by atoms with Gasteiger partial charge in [-0.2, -0.15) is 0 Å². The van der Waals surface area contributed by atoms with Gasteiger partial charge in [0.2, 0.25) is 0 Å². The Balaban J connectivity index is 2.54. The van der Waals surface area contributed by atoms with Gasteiger partial charge in [-0.1, -0.05) is 0 Å². The van der Waals surface area contributed by atoms with E-state index in [0.29, 0.717) is 0 Å². The average molecular weight is 133 g/mol. The molecule has 31 valence electrons. The molecule has 0 saturated heterocycles. The van der Waals surface area contributed by atoms with E-state index >= 15 is 0 Å². The van der Waals surface area contributed by atoms with E-state index in [9.17, 15) is 0 Å². The first kappa shape index (κ1) is 5.56. The fraction of sp³-hybridized carbons (Fsp3) is 1.00. The Kier molecular flexibility index (Phi) is 3.09. The zero-order valence-electron chi connectivity index (χ0n) is 3.78. The molecule has 1 heteroatoms. The molecule has 0 fully saturated rings. The first-order valence-corrected chi connectivity index (χ1v) is 3.40. The molecule has 0 aliphatic heterocycles. The van der Waals surface area contributed by atoms with E-state index in [-0.39, 0.29) is 0 Å². The molecule has 0 spiro atoms. The van der Waals surface area contributed by atoms with E-state index < -0.39 is 0 Å². The Labute approximate surface area is 42.5 Å². The van der Waals surface area contributed by atoms with E-state index in [2.05, 4.69) is 30.7 Å². The van der Waals surface area contributed by atoms with Crippen LogP contribution in [0, 0.1) is 5.92 Å². The molecule has 0 aliphatic carbocycles. The minimum absolute atomic E-state index is 0.884. The summed E-state index contributed by atoms with van der Waals surface area (Å²) >= 11 is 2.20. The van der Waals surface area contributed by atoms with Crippen LogP contribution in [-0.2, 0) is 0 Å². The van der Waals surface area contributed by atoms with Crippen LogP contribution in [0.3, 0.4) is 0 Å². The van der Waals surface area contributed by atoms with Gasteiger partial charge in [-0.3, -0.25) is 0 Å². The van der Waals surface area contributed by atoms with Crippen LogP contribution in [0.25, 0.3) is 0 Å². The minimum atomic E-state index is 0.884. The molecule has 0 aliphatic rings. The Morgan fingerprint density at radius 3 is 1.80 bits per heavy atom. The van der Waals surface area contributed by atoms with E-state index in [4.69, 9.17) is 0 Å². The van der Waals surface area contributed by atoms with E-state index in [1.807, 2.05) is 0 Å². The van der Waals surface area contributed by atoms with Crippen LogP contribution in [0.15, 0.2) is 0 Å². The second-order valence-electron chi connectivity index (χ2n) is 1.60. The van der Waals surface area contributed by atoms with Gasteiger partial charge in [0.05, 0.1) is 0 Å². The van der Waals surface area contributed by atoms with Gasteiger partial charge < -0.3 is 0 Å². The molecule has 0 aromatic rings. The second-order valence-corrected chi connectivity index (χ2v) is 2.45. The monoisotopic (exact) mass is 133 g/mol. The van der Waals surface area contributed by atoms with Crippen LogP contribution in [0.5, 0.6) is 0 Å². The number of hydrogen-bond donors (Lipinski definition) is 0. The van der Waals surface area contributed by atoms with Crippen molar-refractivity contribution in [2.75, 3.05) is 0 Å². The maximum absolute atomic E-state index is 2.22. The molecule has 0 aromatic heterocycles. The van der Waals surface area contributed by atoms with Gasteiger partial charge >= 0.3 is 41.8 Å². The molecule has 0 aromatic carbocycles. The molecule has 0 N–H and O–H groups in total. The van der Waals surface area contributed by atoms with Crippen LogP contribution in [-0.4, -0.2) is 16.9 Å². The summed E-state index contributed by atoms with van der Waals surface area (Å²) in [4.78, 5) is 0. The molecule has 0 unspecified atom stereocenters. The molecule has 1 radical (unpaired) electrons. The Hall–Kier alpha value is 0.558. The van der Waals surface area contributed by atoms with Crippen molar-refractivity contribution in [2.45, 2.75) is 19.1 Å². The zero-order valence-corrected chi connectivity index (χ0v) is 5.88. The summed E-state index contributed by atoms with van der Waals surface area (Å²) in [5, 5.41) is 1.31. The van der Waals surface area contributed by atoms with Crippen molar-refractivity contribution in [2.24, 2.45) is 5.92 Å². The SMILES string of the molecule is CC(C)C[AsH]. The summed E-state index contributed by atoms with van der Waals surface area (Å²) in [6.45, 7) is 4.44. The normalized spacial score (nSPS) is 9.60. The first-order valence-electron chi connectivity index (χ1n) is 1.92. The standard InChI is InChI=1S/C4H10As/c1-4(2)3-5/h4-5H,3H2,1-2H3. The van der Waals surface area contributed by atoms with Crippen LogP contribution in [0.2, 0.25) is 5.21 Å². The van der Waals surface area contributed by atoms with Gasteiger partial charge in [0, 0.05) is 0 Å². The quantitative estimate of drug-likeness (QED) is 0.467. The maximum atomic E-state index is 2.22. The van der Waals surface area contributed by atoms with Gasteiger partial charge in [-0.05, 0) is 0 Å². The second kappa shape index (κ2) is 2.78. The van der Waals surface area contributed by atoms with Gasteiger partial charge in [0.25, 0.3) is 0 Å².